The number of para-hydroxylation sites is 1. The molecule has 0 radical (unpaired) electrons. The zero-order chi connectivity index (χ0) is 13.8. The molecule has 0 saturated heterocycles. The van der Waals surface area contributed by atoms with E-state index >= 15 is 0 Å². The number of nitrogens with zero attached hydrogens (tertiary/aromatic N) is 1. The van der Waals surface area contributed by atoms with E-state index in [4.69, 9.17) is 5.11 Å². The number of hydrogen-bond acceptors (Lipinski definition) is 2. The Morgan fingerprint density at radius 3 is 2.63 bits per heavy atom. The summed E-state index contributed by atoms with van der Waals surface area (Å²) in [6, 6.07) is 7.31. The van der Waals surface area contributed by atoms with E-state index in [1.807, 2.05) is 31.2 Å². The van der Waals surface area contributed by atoms with Gasteiger partial charge in [0.1, 0.15) is 6.54 Å². The number of hydrogen-bond donors (Lipinski definition) is 2. The van der Waals surface area contributed by atoms with E-state index in [0.29, 0.717) is 0 Å². The average molecular weight is 262 g/mol. The Balaban J connectivity index is 2.08. The van der Waals surface area contributed by atoms with E-state index < -0.39 is 5.97 Å². The van der Waals surface area contributed by atoms with Crippen LogP contribution in [0.2, 0.25) is 0 Å². The van der Waals surface area contributed by atoms with Crippen LogP contribution in [0, 0.1) is 0 Å². The zero-order valence-corrected chi connectivity index (χ0v) is 10.9. The summed E-state index contributed by atoms with van der Waals surface area (Å²) >= 11 is 0. The molecule has 0 aliphatic heterocycles. The topological polar surface area (TPSA) is 69.6 Å². The van der Waals surface area contributed by atoms with Crippen molar-refractivity contribution in [3.8, 4) is 0 Å². The summed E-state index contributed by atoms with van der Waals surface area (Å²) in [4.78, 5) is 24.3. The van der Waals surface area contributed by atoms with Gasteiger partial charge in [-0.3, -0.25) is 4.79 Å². The van der Waals surface area contributed by atoms with Crippen LogP contribution in [0.15, 0.2) is 24.3 Å². The maximum atomic E-state index is 12.1. The molecule has 1 aliphatic rings. The van der Waals surface area contributed by atoms with Crippen LogP contribution in [0.4, 0.5) is 10.5 Å². The minimum Gasteiger partial charge on any atom is -0.480 e. The molecule has 2 amide bonds. The third-order valence-electron chi connectivity index (χ3n) is 3.19. The molecule has 0 aromatic heterocycles. The predicted octanol–water partition coefficient (Wildman–Crippen LogP) is 2.33. The van der Waals surface area contributed by atoms with Crippen LogP contribution in [0.25, 0.3) is 0 Å². The van der Waals surface area contributed by atoms with Crippen LogP contribution in [-0.2, 0) is 11.2 Å². The first kappa shape index (κ1) is 13.4. The minimum absolute atomic E-state index is 0.0740. The lowest BCUT2D eigenvalue weighted by Gasteiger charge is -2.21. The predicted molar refractivity (Wildman–Crippen MR) is 72.2 cm³/mol. The number of carbonyl (C=O) groups is 2. The number of rotatable bonds is 5. The maximum Gasteiger partial charge on any atom is 0.323 e. The number of benzene rings is 1. The molecule has 5 heteroatoms. The molecule has 1 fully saturated rings. The summed E-state index contributed by atoms with van der Waals surface area (Å²) in [5, 5.41) is 11.7. The SMILES string of the molecule is CCc1ccccc1NC(=O)N(CC(=O)O)C1CC1. The van der Waals surface area contributed by atoms with Crippen LogP contribution in [0.5, 0.6) is 0 Å². The van der Waals surface area contributed by atoms with Crippen molar-refractivity contribution in [3.05, 3.63) is 29.8 Å². The van der Waals surface area contributed by atoms with Gasteiger partial charge >= 0.3 is 12.0 Å². The molecule has 2 N–H and O–H groups in total. The number of amides is 2. The van der Waals surface area contributed by atoms with Gasteiger partial charge < -0.3 is 15.3 Å². The number of urea groups is 1. The van der Waals surface area contributed by atoms with E-state index in [1.54, 1.807) is 0 Å². The highest BCUT2D eigenvalue weighted by Gasteiger charge is 2.34. The van der Waals surface area contributed by atoms with E-state index in [1.165, 1.54) is 4.90 Å². The zero-order valence-electron chi connectivity index (χ0n) is 10.9. The lowest BCUT2D eigenvalue weighted by Crippen LogP contribution is -2.40. The standard InChI is InChI=1S/C14H18N2O3/c1-2-10-5-3-4-6-12(10)15-14(19)16(9-13(17)18)11-7-8-11/h3-6,11H,2,7-9H2,1H3,(H,15,19)(H,17,18). The number of nitrogens with one attached hydrogen (secondary N) is 1. The second-order valence-electron chi connectivity index (χ2n) is 4.69. The Hall–Kier alpha value is -2.04. The Morgan fingerprint density at radius 2 is 2.05 bits per heavy atom. The van der Waals surface area contributed by atoms with E-state index in [-0.39, 0.29) is 18.6 Å². The second-order valence-corrected chi connectivity index (χ2v) is 4.69. The number of aliphatic carboxylic acids is 1. The average Bonchev–Trinajstić information content (AvgIpc) is 3.20. The van der Waals surface area contributed by atoms with Crippen LogP contribution in [-0.4, -0.2) is 34.6 Å². The molecule has 1 aromatic carbocycles. The Labute approximate surface area is 112 Å². The lowest BCUT2D eigenvalue weighted by atomic mass is 10.1. The molecule has 0 heterocycles. The number of anilines is 1. The molecule has 1 aliphatic carbocycles. The van der Waals surface area contributed by atoms with Crippen molar-refractivity contribution in [2.45, 2.75) is 32.2 Å². The Kier molecular flexibility index (Phi) is 4.04. The lowest BCUT2D eigenvalue weighted by molar-refractivity contribution is -0.137. The van der Waals surface area contributed by atoms with Crippen molar-refractivity contribution in [3.63, 3.8) is 0 Å². The van der Waals surface area contributed by atoms with Gasteiger partial charge in [-0.05, 0) is 30.9 Å². The fourth-order valence-electron chi connectivity index (χ4n) is 2.04. The van der Waals surface area contributed by atoms with Crippen LogP contribution in [0.1, 0.15) is 25.3 Å². The van der Waals surface area contributed by atoms with Crippen LogP contribution >= 0.6 is 0 Å². The van der Waals surface area contributed by atoms with Crippen molar-refractivity contribution < 1.29 is 14.7 Å². The Bertz CT molecular complexity index is 483. The first-order valence-electron chi connectivity index (χ1n) is 6.49. The molecular formula is C14H18N2O3. The highest BCUT2D eigenvalue weighted by molar-refractivity contribution is 5.92. The van der Waals surface area contributed by atoms with Gasteiger partial charge in [-0.15, -0.1) is 0 Å². The first-order valence-corrected chi connectivity index (χ1v) is 6.49. The molecule has 102 valence electrons. The van der Waals surface area contributed by atoms with Gasteiger partial charge in [0.05, 0.1) is 0 Å². The molecular weight excluding hydrogens is 244 g/mol. The highest BCUT2D eigenvalue weighted by Crippen LogP contribution is 2.27. The summed E-state index contributed by atoms with van der Waals surface area (Å²) in [7, 11) is 0. The molecule has 1 saturated carbocycles. The van der Waals surface area contributed by atoms with E-state index in [9.17, 15) is 9.59 Å². The van der Waals surface area contributed by atoms with Gasteiger partial charge in [0.15, 0.2) is 0 Å². The van der Waals surface area contributed by atoms with Gasteiger partial charge in [-0.2, -0.15) is 0 Å². The molecule has 0 bridgehead atoms. The quantitative estimate of drug-likeness (QED) is 0.855. The number of aryl methyl sites for hydroxylation is 1. The summed E-state index contributed by atoms with van der Waals surface area (Å²) in [5.41, 5.74) is 1.80. The minimum atomic E-state index is -0.981. The molecule has 0 unspecified atom stereocenters. The van der Waals surface area contributed by atoms with E-state index in [2.05, 4.69) is 5.32 Å². The molecule has 19 heavy (non-hydrogen) atoms. The van der Waals surface area contributed by atoms with Crippen molar-refractivity contribution in [1.82, 2.24) is 4.90 Å². The fraction of sp³-hybridized carbons (Fsp3) is 0.429. The summed E-state index contributed by atoms with van der Waals surface area (Å²) in [6.45, 7) is 1.77. The van der Waals surface area contributed by atoms with Crippen molar-refractivity contribution >= 4 is 17.7 Å². The normalized spacial score (nSPS) is 13.9. The third-order valence-corrected chi connectivity index (χ3v) is 3.19. The molecule has 1 aromatic rings. The van der Waals surface area contributed by atoms with Crippen LogP contribution in [0.3, 0.4) is 0 Å². The Morgan fingerprint density at radius 1 is 1.37 bits per heavy atom. The van der Waals surface area contributed by atoms with Gasteiger partial charge in [0.25, 0.3) is 0 Å². The highest BCUT2D eigenvalue weighted by atomic mass is 16.4. The number of carbonyl (C=O) groups excluding carboxylic acids is 1. The maximum absolute atomic E-state index is 12.1. The molecule has 0 spiro atoms. The largest absolute Gasteiger partial charge is 0.480 e. The van der Waals surface area contributed by atoms with Crippen molar-refractivity contribution in [2.24, 2.45) is 0 Å². The van der Waals surface area contributed by atoms with Gasteiger partial charge in [-0.1, -0.05) is 25.1 Å². The summed E-state index contributed by atoms with van der Waals surface area (Å²) in [6.07, 6.45) is 2.59. The fourth-order valence-corrected chi connectivity index (χ4v) is 2.04. The van der Waals surface area contributed by atoms with Crippen molar-refractivity contribution in [2.75, 3.05) is 11.9 Å². The second kappa shape index (κ2) is 5.73. The monoisotopic (exact) mass is 262 g/mol. The van der Waals surface area contributed by atoms with Crippen LogP contribution < -0.4 is 5.32 Å². The number of carboxylic acid groups (broad SMARTS) is 1. The molecule has 0 atom stereocenters. The smallest absolute Gasteiger partial charge is 0.323 e. The van der Waals surface area contributed by atoms with Gasteiger partial charge in [-0.25, -0.2) is 4.79 Å². The van der Waals surface area contributed by atoms with Gasteiger partial charge in [0.2, 0.25) is 0 Å². The first-order chi connectivity index (χ1) is 9.11. The molecule has 5 nitrogen and oxygen atoms in total. The van der Waals surface area contributed by atoms with Gasteiger partial charge in [0, 0.05) is 11.7 Å². The summed E-state index contributed by atoms with van der Waals surface area (Å²) in [5.74, 6) is -0.981. The van der Waals surface area contributed by atoms with E-state index in [0.717, 1.165) is 30.5 Å². The molecule has 2 rings (SSSR count). The summed E-state index contributed by atoms with van der Waals surface area (Å²) < 4.78 is 0. The number of carboxylic acids is 1. The third kappa shape index (κ3) is 3.47. The van der Waals surface area contributed by atoms with Crippen molar-refractivity contribution in [1.29, 1.82) is 0 Å².